The molecule has 0 bridgehead atoms. The lowest BCUT2D eigenvalue weighted by atomic mass is 10.2. The van der Waals surface area contributed by atoms with E-state index in [9.17, 15) is 4.79 Å². The summed E-state index contributed by atoms with van der Waals surface area (Å²) in [5, 5.41) is 16.6. The maximum absolute atomic E-state index is 12.8. The molecule has 1 N–H and O–H groups in total. The lowest BCUT2D eigenvalue weighted by Crippen LogP contribution is -2.40. The number of nitrogens with one attached hydrogen (secondary N) is 1. The van der Waals surface area contributed by atoms with E-state index < -0.39 is 6.04 Å². The number of amides is 1. The van der Waals surface area contributed by atoms with Gasteiger partial charge in [-0.1, -0.05) is 18.5 Å². The van der Waals surface area contributed by atoms with Crippen LogP contribution < -0.4 is 5.32 Å². The van der Waals surface area contributed by atoms with Gasteiger partial charge in [0, 0.05) is 30.2 Å². The zero-order valence-electron chi connectivity index (χ0n) is 13.7. The lowest BCUT2D eigenvalue weighted by molar-refractivity contribution is -0.135. The van der Waals surface area contributed by atoms with Gasteiger partial charge in [0.15, 0.2) is 6.04 Å². The van der Waals surface area contributed by atoms with Gasteiger partial charge in [-0.2, -0.15) is 4.80 Å². The molecule has 2 aromatic rings. The predicted octanol–water partition coefficient (Wildman–Crippen LogP) is 1.77. The number of tetrazole rings is 1. The van der Waals surface area contributed by atoms with Crippen LogP contribution in [-0.2, 0) is 4.79 Å². The van der Waals surface area contributed by atoms with Crippen LogP contribution in [0.1, 0.15) is 25.8 Å². The van der Waals surface area contributed by atoms with E-state index in [1.165, 1.54) is 4.80 Å². The molecule has 0 spiro atoms. The fourth-order valence-corrected chi connectivity index (χ4v) is 2.91. The van der Waals surface area contributed by atoms with Gasteiger partial charge >= 0.3 is 0 Å². The summed E-state index contributed by atoms with van der Waals surface area (Å²) >= 11 is 5.90. The highest BCUT2D eigenvalue weighted by Gasteiger charge is 2.27. The van der Waals surface area contributed by atoms with E-state index in [1.54, 1.807) is 12.1 Å². The van der Waals surface area contributed by atoms with Crippen LogP contribution in [0.2, 0.25) is 5.02 Å². The minimum absolute atomic E-state index is 0.0567. The minimum Gasteiger partial charge on any atom is -0.339 e. The monoisotopic (exact) mass is 348 g/mol. The highest BCUT2D eigenvalue weighted by Crippen LogP contribution is 2.19. The quantitative estimate of drug-likeness (QED) is 0.911. The van der Waals surface area contributed by atoms with Crippen LogP contribution in [0.25, 0.3) is 11.4 Å². The number of benzene rings is 1. The van der Waals surface area contributed by atoms with Crippen LogP contribution >= 0.6 is 11.6 Å². The van der Waals surface area contributed by atoms with Gasteiger partial charge in [0.2, 0.25) is 11.7 Å². The summed E-state index contributed by atoms with van der Waals surface area (Å²) in [7, 11) is 0. The van der Waals surface area contributed by atoms with Gasteiger partial charge < -0.3 is 10.2 Å². The van der Waals surface area contributed by atoms with Crippen molar-refractivity contribution < 1.29 is 4.79 Å². The summed E-state index contributed by atoms with van der Waals surface area (Å²) in [4.78, 5) is 16.1. The average Bonchev–Trinajstić information content (AvgIpc) is 2.91. The number of aromatic nitrogens is 4. The van der Waals surface area contributed by atoms with Crippen molar-refractivity contribution in [3.8, 4) is 11.4 Å². The van der Waals surface area contributed by atoms with Crippen molar-refractivity contribution in [3.05, 3.63) is 29.3 Å². The van der Waals surface area contributed by atoms with Crippen LogP contribution in [-0.4, -0.2) is 57.2 Å². The minimum atomic E-state index is -0.420. The topological polar surface area (TPSA) is 75.9 Å². The molecule has 1 aromatic carbocycles. The van der Waals surface area contributed by atoms with E-state index >= 15 is 0 Å². The third-order valence-electron chi connectivity index (χ3n) is 4.13. The third kappa shape index (κ3) is 3.73. The molecule has 1 amide bonds. The molecule has 128 valence electrons. The first-order chi connectivity index (χ1) is 11.7. The average molecular weight is 349 g/mol. The highest BCUT2D eigenvalue weighted by molar-refractivity contribution is 6.30. The Bertz CT molecular complexity index is 678. The number of halogens is 1. The van der Waals surface area contributed by atoms with Gasteiger partial charge in [-0.15, -0.1) is 10.2 Å². The molecule has 1 unspecified atom stereocenters. The molecule has 0 aliphatic carbocycles. The summed E-state index contributed by atoms with van der Waals surface area (Å²) < 4.78 is 0. The molecule has 3 rings (SSSR count). The first-order valence-electron chi connectivity index (χ1n) is 8.24. The molecule has 1 aromatic heterocycles. The fraction of sp³-hybridized carbons (Fsp3) is 0.500. The molecule has 8 heteroatoms. The summed E-state index contributed by atoms with van der Waals surface area (Å²) in [6, 6.07) is 6.82. The van der Waals surface area contributed by atoms with E-state index in [0.717, 1.165) is 31.6 Å². The maximum Gasteiger partial charge on any atom is 0.249 e. The summed E-state index contributed by atoms with van der Waals surface area (Å²) in [5.74, 6) is 0.553. The zero-order chi connectivity index (χ0) is 16.9. The molecule has 0 radical (unpaired) electrons. The molecule has 1 aliphatic heterocycles. The number of carbonyl (C=O) groups is 1. The molecular weight excluding hydrogens is 328 g/mol. The normalized spacial score (nSPS) is 16.7. The van der Waals surface area contributed by atoms with Crippen molar-refractivity contribution in [2.45, 2.75) is 25.8 Å². The third-order valence-corrected chi connectivity index (χ3v) is 4.38. The Morgan fingerprint density at radius 3 is 2.83 bits per heavy atom. The first-order valence-corrected chi connectivity index (χ1v) is 8.62. The van der Waals surface area contributed by atoms with Crippen molar-refractivity contribution in [1.29, 1.82) is 0 Å². The van der Waals surface area contributed by atoms with Crippen LogP contribution in [0.4, 0.5) is 0 Å². The predicted molar refractivity (Wildman–Crippen MR) is 91.7 cm³/mol. The molecule has 0 saturated carbocycles. The van der Waals surface area contributed by atoms with Crippen molar-refractivity contribution in [3.63, 3.8) is 0 Å². The van der Waals surface area contributed by atoms with Gasteiger partial charge in [-0.25, -0.2) is 0 Å². The Morgan fingerprint density at radius 2 is 2.08 bits per heavy atom. The van der Waals surface area contributed by atoms with E-state index in [-0.39, 0.29) is 5.91 Å². The number of rotatable bonds is 4. The Balaban J connectivity index is 1.78. The SMILES string of the molecule is CCC(C(=O)N1CCCNCC1)n1nnc(-c2ccc(Cl)cc2)n1. The Labute approximate surface area is 146 Å². The molecule has 1 saturated heterocycles. The van der Waals surface area contributed by atoms with Crippen molar-refractivity contribution in [2.24, 2.45) is 0 Å². The number of carbonyl (C=O) groups excluding carboxylic acids is 1. The standard InChI is InChI=1S/C16H21ClN6O/c1-2-14(16(24)22-10-3-8-18-9-11-22)23-20-15(19-21-23)12-4-6-13(17)7-5-12/h4-7,14,18H,2-3,8-11H2,1H3. The van der Waals surface area contributed by atoms with Crippen LogP contribution in [0, 0.1) is 0 Å². The summed E-state index contributed by atoms with van der Waals surface area (Å²) in [6.45, 7) is 5.21. The largest absolute Gasteiger partial charge is 0.339 e. The van der Waals surface area contributed by atoms with Crippen molar-refractivity contribution in [2.75, 3.05) is 26.2 Å². The summed E-state index contributed by atoms with van der Waals surface area (Å²) in [5.41, 5.74) is 0.826. The van der Waals surface area contributed by atoms with Crippen LogP contribution in [0.5, 0.6) is 0 Å². The number of hydrogen-bond donors (Lipinski definition) is 1. The Kier molecular flexibility index (Phi) is 5.42. The van der Waals surface area contributed by atoms with E-state index in [1.807, 2.05) is 24.0 Å². The molecule has 7 nitrogen and oxygen atoms in total. The molecule has 1 aliphatic rings. The maximum atomic E-state index is 12.8. The van der Waals surface area contributed by atoms with Gasteiger partial charge in [0.25, 0.3) is 0 Å². The second kappa shape index (κ2) is 7.72. The van der Waals surface area contributed by atoms with Gasteiger partial charge in [-0.05, 0) is 48.9 Å². The summed E-state index contributed by atoms with van der Waals surface area (Å²) in [6.07, 6.45) is 1.59. The Hall–Kier alpha value is -1.99. The van der Waals surface area contributed by atoms with Crippen molar-refractivity contribution >= 4 is 17.5 Å². The zero-order valence-corrected chi connectivity index (χ0v) is 14.4. The van der Waals surface area contributed by atoms with Crippen LogP contribution in [0.3, 0.4) is 0 Å². The second-order valence-electron chi connectivity index (χ2n) is 5.79. The molecule has 1 fully saturated rings. The highest BCUT2D eigenvalue weighted by atomic mass is 35.5. The van der Waals surface area contributed by atoms with Gasteiger partial charge in [0.05, 0.1) is 0 Å². The second-order valence-corrected chi connectivity index (χ2v) is 6.23. The smallest absolute Gasteiger partial charge is 0.249 e. The van der Waals surface area contributed by atoms with Gasteiger partial charge in [-0.3, -0.25) is 4.79 Å². The van der Waals surface area contributed by atoms with Crippen molar-refractivity contribution in [1.82, 2.24) is 30.4 Å². The fourth-order valence-electron chi connectivity index (χ4n) is 2.79. The number of hydrogen-bond acceptors (Lipinski definition) is 5. The van der Waals surface area contributed by atoms with E-state index in [4.69, 9.17) is 11.6 Å². The first kappa shape index (κ1) is 16.9. The molecule has 2 heterocycles. The lowest BCUT2D eigenvalue weighted by Gasteiger charge is -2.24. The van der Waals surface area contributed by atoms with E-state index in [0.29, 0.717) is 23.8 Å². The van der Waals surface area contributed by atoms with Gasteiger partial charge in [0.1, 0.15) is 0 Å². The molecular formula is C16H21ClN6O. The Morgan fingerprint density at radius 1 is 1.29 bits per heavy atom. The molecule has 1 atom stereocenters. The number of nitrogens with zero attached hydrogens (tertiary/aromatic N) is 5. The van der Waals surface area contributed by atoms with E-state index in [2.05, 4.69) is 20.7 Å². The molecule has 24 heavy (non-hydrogen) atoms. The van der Waals surface area contributed by atoms with Crippen LogP contribution in [0.15, 0.2) is 24.3 Å².